The van der Waals surface area contributed by atoms with E-state index in [1.165, 1.54) is 12.8 Å². The van der Waals surface area contributed by atoms with Gasteiger partial charge in [0.2, 0.25) is 5.95 Å². The highest BCUT2D eigenvalue weighted by molar-refractivity contribution is 5.79. The molecule has 5 rings (SSSR count). The predicted molar refractivity (Wildman–Crippen MR) is 114 cm³/mol. The quantitative estimate of drug-likeness (QED) is 0.651. The van der Waals surface area contributed by atoms with E-state index in [2.05, 4.69) is 32.0 Å². The smallest absolute Gasteiger partial charge is 0.237 e. The lowest BCUT2D eigenvalue weighted by Gasteiger charge is -2.48. The summed E-state index contributed by atoms with van der Waals surface area (Å²) in [5, 5.41) is 6.86. The molecule has 3 aromatic rings. The number of H-pyrrole nitrogens is 1. The van der Waals surface area contributed by atoms with Gasteiger partial charge in [0.1, 0.15) is 18.2 Å². The Kier molecular flexibility index (Phi) is 4.72. The molecular formula is C21H26N8O. The molecule has 156 valence electrons. The minimum Gasteiger partial charge on any atom is -0.359 e. The van der Waals surface area contributed by atoms with E-state index in [4.69, 9.17) is 4.98 Å². The largest absolute Gasteiger partial charge is 0.359 e. The van der Waals surface area contributed by atoms with Gasteiger partial charge in [0, 0.05) is 31.7 Å². The van der Waals surface area contributed by atoms with Crippen LogP contribution < -0.4 is 9.80 Å². The number of aldehydes is 1. The number of aromatic amines is 1. The van der Waals surface area contributed by atoms with Crippen LogP contribution in [0.15, 0.2) is 31.0 Å². The molecule has 9 nitrogen and oxygen atoms in total. The van der Waals surface area contributed by atoms with E-state index < -0.39 is 0 Å². The molecule has 2 atom stereocenters. The number of aromatic nitrogens is 6. The number of fused-ring (bicyclic) bond motifs is 1. The minimum absolute atomic E-state index is 0.0991. The molecule has 0 aromatic carbocycles. The number of carbonyl (C=O) groups is 1. The number of nitrogens with zero attached hydrogens (tertiary/aromatic N) is 7. The number of rotatable bonds is 5. The Hall–Kier alpha value is -3.23. The Morgan fingerprint density at radius 2 is 2.07 bits per heavy atom. The van der Waals surface area contributed by atoms with Gasteiger partial charge < -0.3 is 14.6 Å². The fourth-order valence-corrected chi connectivity index (χ4v) is 4.95. The number of imidazole rings is 1. The summed E-state index contributed by atoms with van der Waals surface area (Å²) in [5.74, 6) is 2.21. The SMILES string of the molecule is CCC1C(C=O)N(C)c2cnc(-n3ccnc3-c3cn[nH]c3)nc2N1C1CCCC1. The first kappa shape index (κ1) is 18.8. The maximum atomic E-state index is 12.0. The molecule has 4 heterocycles. The van der Waals surface area contributed by atoms with Gasteiger partial charge in [-0.25, -0.2) is 9.97 Å². The van der Waals surface area contributed by atoms with Crippen molar-refractivity contribution in [3.8, 4) is 17.3 Å². The Labute approximate surface area is 175 Å². The van der Waals surface area contributed by atoms with Gasteiger partial charge in [-0.2, -0.15) is 10.1 Å². The summed E-state index contributed by atoms with van der Waals surface area (Å²) in [6.07, 6.45) is 15.6. The van der Waals surface area contributed by atoms with Crippen molar-refractivity contribution in [1.82, 2.24) is 29.7 Å². The Morgan fingerprint density at radius 1 is 1.23 bits per heavy atom. The van der Waals surface area contributed by atoms with Gasteiger partial charge in [0.25, 0.3) is 0 Å². The minimum atomic E-state index is -0.202. The molecule has 1 saturated carbocycles. The van der Waals surface area contributed by atoms with Gasteiger partial charge in [-0.1, -0.05) is 19.8 Å². The zero-order chi connectivity index (χ0) is 20.7. The lowest BCUT2D eigenvalue weighted by Crippen LogP contribution is -2.58. The van der Waals surface area contributed by atoms with E-state index in [9.17, 15) is 4.79 Å². The van der Waals surface area contributed by atoms with Crippen LogP contribution in [0.3, 0.4) is 0 Å². The average molecular weight is 406 g/mol. The second-order valence-corrected chi connectivity index (χ2v) is 8.05. The van der Waals surface area contributed by atoms with Gasteiger partial charge in [-0.05, 0) is 19.3 Å². The number of likely N-dealkylation sites (N-methyl/N-ethyl adjacent to an activating group) is 1. The third-order valence-electron chi connectivity index (χ3n) is 6.45. The fourth-order valence-electron chi connectivity index (χ4n) is 4.95. The van der Waals surface area contributed by atoms with Crippen molar-refractivity contribution < 1.29 is 4.79 Å². The molecule has 1 N–H and O–H groups in total. The van der Waals surface area contributed by atoms with Crippen LogP contribution in [-0.4, -0.2) is 61.2 Å². The molecule has 1 aliphatic carbocycles. The van der Waals surface area contributed by atoms with Crippen LogP contribution in [0.25, 0.3) is 17.3 Å². The molecular weight excluding hydrogens is 380 g/mol. The monoisotopic (exact) mass is 406 g/mol. The average Bonchev–Trinajstić information content (AvgIpc) is 3.55. The highest BCUT2D eigenvalue weighted by Crippen LogP contribution is 2.41. The van der Waals surface area contributed by atoms with Gasteiger partial charge in [0.05, 0.1) is 29.7 Å². The summed E-state index contributed by atoms with van der Waals surface area (Å²) >= 11 is 0. The molecule has 1 fully saturated rings. The van der Waals surface area contributed by atoms with Crippen LogP contribution in [-0.2, 0) is 4.79 Å². The van der Waals surface area contributed by atoms with Crippen molar-refractivity contribution in [3.05, 3.63) is 31.0 Å². The second-order valence-electron chi connectivity index (χ2n) is 8.05. The third kappa shape index (κ3) is 2.88. The predicted octanol–water partition coefficient (Wildman–Crippen LogP) is 2.60. The summed E-state index contributed by atoms with van der Waals surface area (Å²) in [5.41, 5.74) is 1.77. The van der Waals surface area contributed by atoms with E-state index >= 15 is 0 Å². The van der Waals surface area contributed by atoms with Crippen molar-refractivity contribution in [2.45, 2.75) is 57.2 Å². The van der Waals surface area contributed by atoms with Crippen LogP contribution in [0.4, 0.5) is 11.5 Å². The molecule has 0 amide bonds. The van der Waals surface area contributed by atoms with E-state index in [0.717, 1.165) is 48.4 Å². The summed E-state index contributed by atoms with van der Waals surface area (Å²) < 4.78 is 1.88. The van der Waals surface area contributed by atoms with Crippen LogP contribution in [0.5, 0.6) is 0 Å². The van der Waals surface area contributed by atoms with Crippen LogP contribution in [0.2, 0.25) is 0 Å². The number of hydrogen-bond donors (Lipinski definition) is 1. The van der Waals surface area contributed by atoms with Crippen molar-refractivity contribution >= 4 is 17.8 Å². The molecule has 0 bridgehead atoms. The molecule has 0 saturated heterocycles. The van der Waals surface area contributed by atoms with E-state index in [-0.39, 0.29) is 12.1 Å². The lowest BCUT2D eigenvalue weighted by molar-refractivity contribution is -0.109. The van der Waals surface area contributed by atoms with Gasteiger partial charge in [-0.3, -0.25) is 9.67 Å². The van der Waals surface area contributed by atoms with Crippen molar-refractivity contribution in [1.29, 1.82) is 0 Å². The highest BCUT2D eigenvalue weighted by Gasteiger charge is 2.41. The Balaban J connectivity index is 1.64. The highest BCUT2D eigenvalue weighted by atomic mass is 16.1. The normalized spacial score (nSPS) is 21.8. The molecule has 3 aromatic heterocycles. The number of hydrogen-bond acceptors (Lipinski definition) is 7. The van der Waals surface area contributed by atoms with E-state index in [0.29, 0.717) is 12.0 Å². The molecule has 9 heteroatoms. The summed E-state index contributed by atoms with van der Waals surface area (Å²) in [6, 6.07) is 0.304. The van der Waals surface area contributed by atoms with Crippen molar-refractivity contribution in [2.24, 2.45) is 0 Å². The zero-order valence-electron chi connectivity index (χ0n) is 17.3. The lowest BCUT2D eigenvalue weighted by atomic mass is 9.97. The molecule has 1 aliphatic heterocycles. The van der Waals surface area contributed by atoms with E-state index in [1.54, 1.807) is 18.6 Å². The maximum Gasteiger partial charge on any atom is 0.237 e. The first-order valence-corrected chi connectivity index (χ1v) is 10.6. The van der Waals surface area contributed by atoms with Gasteiger partial charge >= 0.3 is 0 Å². The Morgan fingerprint density at radius 3 is 2.77 bits per heavy atom. The van der Waals surface area contributed by atoms with Crippen molar-refractivity contribution in [2.75, 3.05) is 16.8 Å². The van der Waals surface area contributed by atoms with Crippen LogP contribution >= 0.6 is 0 Å². The van der Waals surface area contributed by atoms with E-state index in [1.807, 2.05) is 28.9 Å². The maximum absolute atomic E-state index is 12.0. The molecule has 30 heavy (non-hydrogen) atoms. The summed E-state index contributed by atoms with van der Waals surface area (Å²) in [4.78, 5) is 30.6. The molecule has 0 radical (unpaired) electrons. The van der Waals surface area contributed by atoms with Crippen LogP contribution in [0.1, 0.15) is 39.0 Å². The zero-order valence-corrected chi connectivity index (χ0v) is 17.3. The first-order chi connectivity index (χ1) is 14.7. The molecule has 2 unspecified atom stereocenters. The Bertz CT molecular complexity index is 1020. The summed E-state index contributed by atoms with van der Waals surface area (Å²) in [6.45, 7) is 2.15. The second kappa shape index (κ2) is 7.55. The van der Waals surface area contributed by atoms with Crippen LogP contribution in [0, 0.1) is 0 Å². The van der Waals surface area contributed by atoms with Gasteiger partial charge in [-0.15, -0.1) is 0 Å². The topological polar surface area (TPSA) is 95.8 Å². The number of nitrogens with one attached hydrogen (secondary N) is 1. The molecule has 0 spiro atoms. The fraction of sp³-hybridized carbons (Fsp3) is 0.476. The first-order valence-electron chi connectivity index (χ1n) is 10.6. The standard InChI is InChI=1S/C21H26N8O/c1-3-16-18(13-30)27(2)17-12-23-21(26-20(17)29(16)15-6-4-5-7-15)28-9-8-22-19(28)14-10-24-25-11-14/h8-13,15-16,18H,3-7H2,1-2H3,(H,24,25). The van der Waals surface area contributed by atoms with Crippen molar-refractivity contribution in [3.63, 3.8) is 0 Å². The molecule has 2 aliphatic rings. The number of carbonyl (C=O) groups excluding carboxylic acids is 1. The summed E-state index contributed by atoms with van der Waals surface area (Å²) in [7, 11) is 1.96. The third-order valence-corrected chi connectivity index (χ3v) is 6.45. The number of anilines is 2. The van der Waals surface area contributed by atoms with Gasteiger partial charge in [0.15, 0.2) is 5.82 Å².